The van der Waals surface area contributed by atoms with Crippen molar-refractivity contribution < 1.29 is 18.3 Å². The largest absolute Gasteiger partial charge is 0.490 e. The molecule has 0 aromatic heterocycles. The van der Waals surface area contributed by atoms with Gasteiger partial charge < -0.3 is 14.8 Å². The number of methoxy groups -OCH3 is 1. The molecule has 18 heavy (non-hydrogen) atoms. The van der Waals surface area contributed by atoms with Crippen molar-refractivity contribution >= 4 is 0 Å². The first-order valence-corrected chi connectivity index (χ1v) is 6.01. The van der Waals surface area contributed by atoms with Crippen molar-refractivity contribution in [1.82, 2.24) is 5.32 Å². The molecular formula is C13H19F2NO2. The van der Waals surface area contributed by atoms with Crippen LogP contribution in [0.2, 0.25) is 0 Å². The summed E-state index contributed by atoms with van der Waals surface area (Å²) in [5, 5.41) is 3.19. The van der Waals surface area contributed by atoms with Crippen molar-refractivity contribution in [1.29, 1.82) is 0 Å². The molecule has 0 aliphatic rings. The number of hydrogen-bond donors (Lipinski definition) is 1. The summed E-state index contributed by atoms with van der Waals surface area (Å²) in [4.78, 5) is 0. The minimum absolute atomic E-state index is 0.0256. The molecule has 0 atom stereocenters. The fraction of sp³-hybridized carbons (Fsp3) is 0.538. The van der Waals surface area contributed by atoms with Crippen molar-refractivity contribution in [2.75, 3.05) is 33.4 Å². The average molecular weight is 259 g/mol. The van der Waals surface area contributed by atoms with Gasteiger partial charge in [-0.2, -0.15) is 0 Å². The molecule has 0 heterocycles. The van der Waals surface area contributed by atoms with Gasteiger partial charge in [0.15, 0.2) is 11.6 Å². The van der Waals surface area contributed by atoms with Crippen molar-refractivity contribution in [3.63, 3.8) is 0 Å². The molecule has 0 fully saturated rings. The molecule has 0 amide bonds. The third kappa shape index (κ3) is 5.93. The van der Waals surface area contributed by atoms with E-state index in [4.69, 9.17) is 9.47 Å². The second-order valence-electron chi connectivity index (χ2n) is 3.87. The average Bonchev–Trinajstić information content (AvgIpc) is 2.36. The summed E-state index contributed by atoms with van der Waals surface area (Å²) < 4.78 is 36.1. The lowest BCUT2D eigenvalue weighted by atomic mass is 10.3. The number of ether oxygens (including phenoxy) is 2. The van der Waals surface area contributed by atoms with Crippen LogP contribution in [0, 0.1) is 11.6 Å². The maximum absolute atomic E-state index is 13.2. The maximum atomic E-state index is 13.2. The Kier molecular flexibility index (Phi) is 7.29. The standard InChI is InChI=1S/C13H19F2NO2/c1-17-9-7-16-6-2-3-8-18-13-10-11(14)4-5-12(13)15/h4-5,10,16H,2-3,6-9H2,1H3. The molecule has 5 heteroatoms. The van der Waals surface area contributed by atoms with Gasteiger partial charge in [0, 0.05) is 19.7 Å². The Morgan fingerprint density at radius 3 is 2.72 bits per heavy atom. The minimum atomic E-state index is -0.533. The molecule has 0 aliphatic carbocycles. The summed E-state index contributed by atoms with van der Waals surface area (Å²) in [6.07, 6.45) is 1.70. The molecule has 0 bridgehead atoms. The molecule has 102 valence electrons. The highest BCUT2D eigenvalue weighted by Crippen LogP contribution is 2.18. The van der Waals surface area contributed by atoms with Crippen LogP contribution in [0.25, 0.3) is 0 Å². The van der Waals surface area contributed by atoms with Gasteiger partial charge in [-0.25, -0.2) is 8.78 Å². The van der Waals surface area contributed by atoms with E-state index in [1.165, 1.54) is 0 Å². The van der Waals surface area contributed by atoms with Crippen LogP contribution < -0.4 is 10.1 Å². The summed E-state index contributed by atoms with van der Waals surface area (Å²) in [5.41, 5.74) is 0. The second kappa shape index (κ2) is 8.83. The Bertz CT molecular complexity index is 348. The zero-order valence-corrected chi connectivity index (χ0v) is 10.5. The molecule has 1 N–H and O–H groups in total. The highest BCUT2D eigenvalue weighted by molar-refractivity contribution is 5.24. The molecular weight excluding hydrogens is 240 g/mol. The zero-order chi connectivity index (χ0) is 13.2. The summed E-state index contributed by atoms with van der Waals surface area (Å²) >= 11 is 0. The van der Waals surface area contributed by atoms with Crippen molar-refractivity contribution in [2.45, 2.75) is 12.8 Å². The molecule has 0 unspecified atom stereocenters. The van der Waals surface area contributed by atoms with Gasteiger partial charge in [-0.05, 0) is 31.5 Å². The minimum Gasteiger partial charge on any atom is -0.490 e. The van der Waals surface area contributed by atoms with Gasteiger partial charge in [-0.3, -0.25) is 0 Å². The number of halogens is 2. The number of rotatable bonds is 9. The Morgan fingerprint density at radius 2 is 1.94 bits per heavy atom. The van der Waals surface area contributed by atoms with Crippen LogP contribution in [0.3, 0.4) is 0 Å². The lowest BCUT2D eigenvalue weighted by molar-refractivity contribution is 0.199. The van der Waals surface area contributed by atoms with Crippen LogP contribution in [0.5, 0.6) is 5.75 Å². The molecule has 3 nitrogen and oxygen atoms in total. The SMILES string of the molecule is COCCNCCCCOc1cc(F)ccc1F. The first-order chi connectivity index (χ1) is 8.74. The molecule has 0 spiro atoms. The van der Waals surface area contributed by atoms with E-state index in [0.29, 0.717) is 13.2 Å². The fourth-order valence-corrected chi connectivity index (χ4v) is 1.42. The number of nitrogens with one attached hydrogen (secondary N) is 1. The second-order valence-corrected chi connectivity index (χ2v) is 3.87. The highest BCUT2D eigenvalue weighted by Gasteiger charge is 2.04. The summed E-state index contributed by atoms with van der Waals surface area (Å²) in [6, 6.07) is 3.20. The van der Waals surface area contributed by atoms with Crippen molar-refractivity contribution in [3.8, 4) is 5.75 Å². The van der Waals surface area contributed by atoms with Gasteiger partial charge in [-0.1, -0.05) is 0 Å². The third-order valence-electron chi connectivity index (χ3n) is 2.38. The number of benzene rings is 1. The number of hydrogen-bond acceptors (Lipinski definition) is 3. The summed E-state index contributed by atoms with van der Waals surface area (Å²) in [7, 11) is 1.66. The van der Waals surface area contributed by atoms with E-state index in [-0.39, 0.29) is 5.75 Å². The molecule has 1 aromatic rings. The van der Waals surface area contributed by atoms with Gasteiger partial charge >= 0.3 is 0 Å². The Balaban J connectivity index is 2.09. The van der Waals surface area contributed by atoms with E-state index < -0.39 is 11.6 Å². The van der Waals surface area contributed by atoms with Crippen LogP contribution >= 0.6 is 0 Å². The van der Waals surface area contributed by atoms with E-state index in [1.54, 1.807) is 7.11 Å². The topological polar surface area (TPSA) is 30.5 Å². The Morgan fingerprint density at radius 1 is 1.11 bits per heavy atom. The van der Waals surface area contributed by atoms with Gasteiger partial charge in [0.2, 0.25) is 0 Å². The van der Waals surface area contributed by atoms with Crippen LogP contribution in [0.4, 0.5) is 8.78 Å². The maximum Gasteiger partial charge on any atom is 0.165 e. The van der Waals surface area contributed by atoms with Crippen LogP contribution in [0.15, 0.2) is 18.2 Å². The molecule has 1 rings (SSSR count). The lowest BCUT2D eigenvalue weighted by Gasteiger charge is -2.07. The van der Waals surface area contributed by atoms with Crippen molar-refractivity contribution in [3.05, 3.63) is 29.8 Å². The van der Waals surface area contributed by atoms with Crippen LogP contribution in [0.1, 0.15) is 12.8 Å². The molecule has 0 saturated heterocycles. The monoisotopic (exact) mass is 259 g/mol. The molecule has 0 saturated carbocycles. The smallest absolute Gasteiger partial charge is 0.165 e. The van der Waals surface area contributed by atoms with Crippen LogP contribution in [-0.4, -0.2) is 33.4 Å². The van der Waals surface area contributed by atoms with E-state index in [9.17, 15) is 8.78 Å². The summed E-state index contributed by atoms with van der Waals surface area (Å²) in [6.45, 7) is 2.74. The third-order valence-corrected chi connectivity index (χ3v) is 2.38. The van der Waals surface area contributed by atoms with Crippen LogP contribution in [-0.2, 0) is 4.74 Å². The molecule has 0 radical (unpaired) electrons. The van der Waals surface area contributed by atoms with E-state index in [2.05, 4.69) is 5.32 Å². The van der Waals surface area contributed by atoms with Crippen molar-refractivity contribution in [2.24, 2.45) is 0 Å². The Hall–Kier alpha value is -1.20. The van der Waals surface area contributed by atoms with Gasteiger partial charge in [0.1, 0.15) is 5.82 Å². The fourth-order valence-electron chi connectivity index (χ4n) is 1.42. The predicted molar refractivity (Wildman–Crippen MR) is 65.8 cm³/mol. The highest BCUT2D eigenvalue weighted by atomic mass is 19.1. The summed E-state index contributed by atoms with van der Waals surface area (Å²) in [5.74, 6) is -1.05. The van der Waals surface area contributed by atoms with E-state index >= 15 is 0 Å². The Labute approximate surface area is 106 Å². The lowest BCUT2D eigenvalue weighted by Crippen LogP contribution is -2.20. The van der Waals surface area contributed by atoms with Gasteiger partial charge in [0.25, 0.3) is 0 Å². The van der Waals surface area contributed by atoms with Gasteiger partial charge in [0.05, 0.1) is 13.2 Å². The number of unbranched alkanes of at least 4 members (excludes halogenated alkanes) is 1. The molecule has 0 aliphatic heterocycles. The van der Waals surface area contributed by atoms with Gasteiger partial charge in [-0.15, -0.1) is 0 Å². The normalized spacial score (nSPS) is 10.6. The first-order valence-electron chi connectivity index (χ1n) is 6.01. The predicted octanol–water partition coefficient (Wildman–Crippen LogP) is 2.36. The first kappa shape index (κ1) is 14.9. The van der Waals surface area contributed by atoms with E-state index in [1.807, 2.05) is 0 Å². The molecule has 1 aromatic carbocycles. The van der Waals surface area contributed by atoms with E-state index in [0.717, 1.165) is 44.1 Å². The zero-order valence-electron chi connectivity index (χ0n) is 10.5. The quantitative estimate of drug-likeness (QED) is 0.691.